The van der Waals surface area contributed by atoms with Gasteiger partial charge >= 0.3 is 0 Å². The lowest BCUT2D eigenvalue weighted by Crippen LogP contribution is -2.28. The Bertz CT molecular complexity index is 571. The number of hydrogen-bond acceptors (Lipinski definition) is 4. The summed E-state index contributed by atoms with van der Waals surface area (Å²) in [6.07, 6.45) is 1.75. The van der Waals surface area contributed by atoms with E-state index in [0.29, 0.717) is 6.54 Å². The molecule has 1 N–H and O–H groups in total. The van der Waals surface area contributed by atoms with Crippen LogP contribution in [0.2, 0.25) is 0 Å². The molecule has 0 bridgehead atoms. The summed E-state index contributed by atoms with van der Waals surface area (Å²) in [5, 5.41) is 3.49. The van der Waals surface area contributed by atoms with Crippen molar-refractivity contribution in [1.29, 1.82) is 0 Å². The van der Waals surface area contributed by atoms with E-state index in [1.807, 2.05) is 6.92 Å². The molecular formula is C13H13FN2O2S. The molecule has 0 aliphatic heterocycles. The van der Waals surface area contributed by atoms with E-state index in [2.05, 4.69) is 10.3 Å². The Morgan fingerprint density at radius 3 is 2.95 bits per heavy atom. The lowest BCUT2D eigenvalue weighted by atomic mass is 10.3. The average molecular weight is 280 g/mol. The van der Waals surface area contributed by atoms with Gasteiger partial charge in [-0.25, -0.2) is 9.37 Å². The Balaban J connectivity index is 1.77. The number of carbonyl (C=O) groups is 1. The van der Waals surface area contributed by atoms with Crippen molar-refractivity contribution in [1.82, 2.24) is 10.3 Å². The molecule has 2 aromatic rings. The fourth-order valence-electron chi connectivity index (χ4n) is 1.41. The van der Waals surface area contributed by atoms with Crippen LogP contribution in [0.5, 0.6) is 5.75 Å². The second kappa shape index (κ2) is 6.29. The molecule has 100 valence electrons. The molecule has 0 saturated heterocycles. The third-order valence-electron chi connectivity index (χ3n) is 2.30. The van der Waals surface area contributed by atoms with E-state index in [1.54, 1.807) is 18.3 Å². The molecule has 0 aliphatic rings. The number of rotatable bonds is 5. The predicted octanol–water partition coefficient (Wildman–Crippen LogP) is 2.29. The molecule has 4 nitrogen and oxygen atoms in total. The zero-order valence-electron chi connectivity index (χ0n) is 10.4. The van der Waals surface area contributed by atoms with E-state index in [1.165, 1.54) is 23.5 Å². The van der Waals surface area contributed by atoms with Crippen molar-refractivity contribution in [3.05, 3.63) is 46.2 Å². The summed E-state index contributed by atoms with van der Waals surface area (Å²) in [5.41, 5.74) is 0. The fourth-order valence-corrected chi connectivity index (χ4v) is 2.14. The minimum atomic E-state index is -0.481. The van der Waals surface area contributed by atoms with Gasteiger partial charge in [-0.15, -0.1) is 11.3 Å². The van der Waals surface area contributed by atoms with Crippen molar-refractivity contribution < 1.29 is 13.9 Å². The Labute approximate surface area is 114 Å². The van der Waals surface area contributed by atoms with Crippen LogP contribution in [0.1, 0.15) is 9.88 Å². The van der Waals surface area contributed by atoms with E-state index in [9.17, 15) is 9.18 Å². The monoisotopic (exact) mass is 280 g/mol. The molecular weight excluding hydrogens is 267 g/mol. The van der Waals surface area contributed by atoms with Crippen LogP contribution in [0, 0.1) is 12.7 Å². The highest BCUT2D eigenvalue weighted by atomic mass is 32.1. The summed E-state index contributed by atoms with van der Waals surface area (Å²) in [6, 6.07) is 5.97. The molecule has 0 spiro atoms. The number of amides is 1. The molecule has 1 aromatic carbocycles. The average Bonchev–Trinajstić information content (AvgIpc) is 2.81. The first kappa shape index (κ1) is 13.5. The van der Waals surface area contributed by atoms with Gasteiger partial charge in [-0.05, 0) is 19.1 Å². The molecule has 6 heteroatoms. The lowest BCUT2D eigenvalue weighted by Gasteiger charge is -2.07. The fraction of sp³-hybridized carbons (Fsp3) is 0.231. The third-order valence-corrected chi connectivity index (χ3v) is 3.21. The molecule has 0 radical (unpaired) electrons. The van der Waals surface area contributed by atoms with Gasteiger partial charge in [0.15, 0.2) is 18.2 Å². The van der Waals surface area contributed by atoms with Gasteiger partial charge in [0.05, 0.1) is 6.54 Å². The number of benzene rings is 1. The van der Waals surface area contributed by atoms with Gasteiger partial charge in [-0.2, -0.15) is 0 Å². The van der Waals surface area contributed by atoms with Gasteiger partial charge in [-0.1, -0.05) is 12.1 Å². The summed E-state index contributed by atoms with van der Waals surface area (Å²) in [4.78, 5) is 16.7. The van der Waals surface area contributed by atoms with Crippen LogP contribution in [-0.4, -0.2) is 17.5 Å². The Hall–Kier alpha value is -1.95. The van der Waals surface area contributed by atoms with Gasteiger partial charge in [0.2, 0.25) is 0 Å². The van der Waals surface area contributed by atoms with Crippen molar-refractivity contribution >= 4 is 17.2 Å². The molecule has 0 fully saturated rings. The molecule has 1 heterocycles. The van der Waals surface area contributed by atoms with Crippen LogP contribution in [0.25, 0.3) is 0 Å². The number of para-hydroxylation sites is 1. The SMILES string of the molecule is Cc1cnc(CNC(=O)COc2ccccc2F)s1. The summed E-state index contributed by atoms with van der Waals surface area (Å²) in [6.45, 7) is 2.09. The maximum atomic E-state index is 13.2. The van der Waals surface area contributed by atoms with Crippen LogP contribution < -0.4 is 10.1 Å². The Morgan fingerprint density at radius 1 is 1.47 bits per heavy atom. The minimum absolute atomic E-state index is 0.0720. The smallest absolute Gasteiger partial charge is 0.258 e. The number of nitrogens with zero attached hydrogens (tertiary/aromatic N) is 1. The van der Waals surface area contributed by atoms with Gasteiger partial charge in [0.25, 0.3) is 5.91 Å². The number of aromatic nitrogens is 1. The molecule has 1 aromatic heterocycles. The molecule has 0 aliphatic carbocycles. The normalized spacial score (nSPS) is 10.2. The molecule has 2 rings (SSSR count). The zero-order chi connectivity index (χ0) is 13.7. The van der Waals surface area contributed by atoms with E-state index in [4.69, 9.17) is 4.74 Å². The second-order valence-electron chi connectivity index (χ2n) is 3.86. The zero-order valence-corrected chi connectivity index (χ0v) is 11.2. The van der Waals surface area contributed by atoms with Crippen molar-refractivity contribution in [3.8, 4) is 5.75 Å². The van der Waals surface area contributed by atoms with Crippen molar-refractivity contribution in [2.45, 2.75) is 13.5 Å². The van der Waals surface area contributed by atoms with E-state index in [0.717, 1.165) is 9.88 Å². The van der Waals surface area contributed by atoms with Gasteiger partial charge in [0.1, 0.15) is 5.01 Å². The van der Waals surface area contributed by atoms with E-state index >= 15 is 0 Å². The minimum Gasteiger partial charge on any atom is -0.481 e. The first-order valence-corrected chi connectivity index (χ1v) is 6.52. The molecule has 1 amide bonds. The van der Waals surface area contributed by atoms with Crippen LogP contribution in [0.15, 0.2) is 30.5 Å². The van der Waals surface area contributed by atoms with Crippen LogP contribution in [-0.2, 0) is 11.3 Å². The molecule has 0 unspecified atom stereocenters. The number of carbonyl (C=O) groups excluding carboxylic acids is 1. The summed E-state index contributed by atoms with van der Waals surface area (Å²) >= 11 is 1.52. The summed E-state index contributed by atoms with van der Waals surface area (Å²) in [5.74, 6) is -0.718. The van der Waals surface area contributed by atoms with Crippen molar-refractivity contribution in [3.63, 3.8) is 0 Å². The molecule has 19 heavy (non-hydrogen) atoms. The van der Waals surface area contributed by atoms with Crippen LogP contribution in [0.3, 0.4) is 0 Å². The Kier molecular flexibility index (Phi) is 4.46. The number of thiazole rings is 1. The van der Waals surface area contributed by atoms with Crippen molar-refractivity contribution in [2.24, 2.45) is 0 Å². The second-order valence-corrected chi connectivity index (χ2v) is 5.18. The number of nitrogens with one attached hydrogen (secondary N) is 1. The first-order valence-electron chi connectivity index (χ1n) is 5.70. The predicted molar refractivity (Wildman–Crippen MR) is 70.6 cm³/mol. The summed E-state index contributed by atoms with van der Waals surface area (Å²) in [7, 11) is 0. The van der Waals surface area contributed by atoms with Crippen molar-refractivity contribution in [2.75, 3.05) is 6.61 Å². The first-order chi connectivity index (χ1) is 9.15. The number of ether oxygens (including phenoxy) is 1. The Morgan fingerprint density at radius 2 is 2.26 bits per heavy atom. The highest BCUT2D eigenvalue weighted by Gasteiger charge is 2.07. The quantitative estimate of drug-likeness (QED) is 0.914. The van der Waals surface area contributed by atoms with Gasteiger partial charge in [0, 0.05) is 11.1 Å². The largest absolute Gasteiger partial charge is 0.481 e. The van der Waals surface area contributed by atoms with Gasteiger partial charge in [-0.3, -0.25) is 4.79 Å². The van der Waals surface area contributed by atoms with Gasteiger partial charge < -0.3 is 10.1 Å². The maximum absolute atomic E-state index is 13.2. The van der Waals surface area contributed by atoms with Crippen LogP contribution in [0.4, 0.5) is 4.39 Å². The molecule has 0 saturated carbocycles. The maximum Gasteiger partial charge on any atom is 0.258 e. The third kappa shape index (κ3) is 4.03. The topological polar surface area (TPSA) is 51.2 Å². The highest BCUT2D eigenvalue weighted by Crippen LogP contribution is 2.15. The van der Waals surface area contributed by atoms with Crippen LogP contribution >= 0.6 is 11.3 Å². The standard InChI is InChI=1S/C13H13FN2O2S/c1-9-6-16-13(19-9)7-15-12(17)8-18-11-5-3-2-4-10(11)14/h2-6H,7-8H2,1H3,(H,15,17). The summed E-state index contributed by atoms with van der Waals surface area (Å²) < 4.78 is 18.3. The number of aryl methyl sites for hydroxylation is 1. The number of hydrogen-bond donors (Lipinski definition) is 1. The number of halogens is 1. The van der Waals surface area contributed by atoms with E-state index in [-0.39, 0.29) is 18.3 Å². The molecule has 0 atom stereocenters. The lowest BCUT2D eigenvalue weighted by molar-refractivity contribution is -0.123. The van der Waals surface area contributed by atoms with E-state index < -0.39 is 5.82 Å². The highest BCUT2D eigenvalue weighted by molar-refractivity contribution is 7.11.